The Kier molecular flexibility index (Phi) is 3.92. The number of alkyl halides is 2. The third kappa shape index (κ3) is 3.14. The minimum atomic E-state index is -0.490. The van der Waals surface area contributed by atoms with Crippen molar-refractivity contribution in [2.45, 2.75) is 11.3 Å². The van der Waals surface area contributed by atoms with Crippen LogP contribution in [-0.2, 0) is 0 Å². The first-order valence-corrected chi connectivity index (χ1v) is 5.93. The number of halogens is 2. The quantitative estimate of drug-likeness (QED) is 0.479. The minimum Gasteiger partial charge on any atom is -0.454 e. The topological polar surface area (TPSA) is 35.5 Å². The maximum atomic E-state index is 11.8. The van der Waals surface area contributed by atoms with Gasteiger partial charge in [0.2, 0.25) is 6.79 Å². The van der Waals surface area contributed by atoms with E-state index in [9.17, 15) is 4.79 Å². The molecule has 0 aliphatic carbocycles. The number of ketones is 1. The molecule has 0 radical (unpaired) electrons. The molecular weight excluding hydrogens is 263 g/mol. The molecule has 3 nitrogen and oxygen atoms in total. The first-order valence-electron chi connectivity index (χ1n) is 5.05. The molecule has 1 heterocycles. The summed E-state index contributed by atoms with van der Waals surface area (Å²) in [4.78, 5) is 11.3. The van der Waals surface area contributed by atoms with E-state index in [0.29, 0.717) is 23.5 Å². The van der Waals surface area contributed by atoms with Crippen molar-refractivity contribution in [1.82, 2.24) is 0 Å². The Labute approximate surface area is 109 Å². The van der Waals surface area contributed by atoms with Crippen molar-refractivity contribution in [2.24, 2.45) is 0 Å². The fourth-order valence-electron chi connectivity index (χ4n) is 1.42. The number of carbonyl (C=O) groups excluding carboxylic acids is 1. The number of hydrogen-bond acceptors (Lipinski definition) is 3. The van der Waals surface area contributed by atoms with E-state index in [1.54, 1.807) is 24.3 Å². The Morgan fingerprint density at radius 3 is 2.88 bits per heavy atom. The number of carbonyl (C=O) groups is 1. The molecule has 17 heavy (non-hydrogen) atoms. The molecule has 1 aliphatic heterocycles. The predicted octanol–water partition coefficient (Wildman–Crippen LogP) is 3.35. The summed E-state index contributed by atoms with van der Waals surface area (Å²) in [6.07, 6.45) is 3.55. The van der Waals surface area contributed by atoms with Crippen LogP contribution in [0.3, 0.4) is 0 Å². The molecule has 0 saturated heterocycles. The average Bonchev–Trinajstić information content (AvgIpc) is 2.75. The molecule has 0 saturated carbocycles. The van der Waals surface area contributed by atoms with E-state index in [0.717, 1.165) is 0 Å². The van der Waals surface area contributed by atoms with Gasteiger partial charge in [-0.25, -0.2) is 0 Å². The van der Waals surface area contributed by atoms with Crippen molar-refractivity contribution in [2.75, 3.05) is 6.79 Å². The number of fused-ring (bicyclic) bond motifs is 1. The minimum absolute atomic E-state index is 0.114. The van der Waals surface area contributed by atoms with Gasteiger partial charge in [-0.1, -0.05) is 6.08 Å². The maximum absolute atomic E-state index is 11.8. The summed E-state index contributed by atoms with van der Waals surface area (Å²) in [5.41, 5.74) is 0.547. The van der Waals surface area contributed by atoms with Crippen molar-refractivity contribution < 1.29 is 14.3 Å². The SMILES string of the molecule is O=C(/C=C/CC(Cl)Cl)c1ccc2c(c1)OCO2. The Bertz CT molecular complexity index is 455. The van der Waals surface area contributed by atoms with Crippen LogP contribution in [0.2, 0.25) is 0 Å². The molecule has 0 N–H and O–H groups in total. The summed E-state index contributed by atoms with van der Waals surface area (Å²) in [7, 11) is 0. The monoisotopic (exact) mass is 272 g/mol. The van der Waals surface area contributed by atoms with E-state index in [1.807, 2.05) is 0 Å². The Morgan fingerprint density at radius 1 is 1.35 bits per heavy atom. The smallest absolute Gasteiger partial charge is 0.231 e. The van der Waals surface area contributed by atoms with Gasteiger partial charge in [0.15, 0.2) is 17.3 Å². The van der Waals surface area contributed by atoms with Gasteiger partial charge in [0.05, 0.1) is 0 Å². The van der Waals surface area contributed by atoms with Gasteiger partial charge >= 0.3 is 0 Å². The summed E-state index contributed by atoms with van der Waals surface area (Å²) < 4.78 is 10.4. The van der Waals surface area contributed by atoms with Crippen LogP contribution >= 0.6 is 23.2 Å². The number of rotatable bonds is 4. The van der Waals surface area contributed by atoms with E-state index in [1.165, 1.54) is 6.08 Å². The van der Waals surface area contributed by atoms with E-state index in [2.05, 4.69) is 0 Å². The van der Waals surface area contributed by atoms with E-state index >= 15 is 0 Å². The van der Waals surface area contributed by atoms with Crippen molar-refractivity contribution in [3.8, 4) is 11.5 Å². The van der Waals surface area contributed by atoms with Gasteiger partial charge in [0.25, 0.3) is 0 Å². The molecule has 1 aromatic carbocycles. The van der Waals surface area contributed by atoms with Crippen LogP contribution in [-0.4, -0.2) is 17.4 Å². The highest BCUT2D eigenvalue weighted by Crippen LogP contribution is 2.32. The number of benzene rings is 1. The molecule has 0 fully saturated rings. The molecule has 90 valence electrons. The van der Waals surface area contributed by atoms with E-state index < -0.39 is 4.84 Å². The van der Waals surface area contributed by atoms with Gasteiger partial charge in [0, 0.05) is 5.56 Å². The zero-order valence-electron chi connectivity index (χ0n) is 8.86. The zero-order chi connectivity index (χ0) is 12.3. The molecule has 0 unspecified atom stereocenters. The first kappa shape index (κ1) is 12.3. The van der Waals surface area contributed by atoms with Crippen LogP contribution in [0.15, 0.2) is 30.4 Å². The van der Waals surface area contributed by atoms with Gasteiger partial charge < -0.3 is 9.47 Å². The van der Waals surface area contributed by atoms with Gasteiger partial charge in [-0.2, -0.15) is 0 Å². The Morgan fingerprint density at radius 2 is 2.12 bits per heavy atom. The molecule has 0 atom stereocenters. The lowest BCUT2D eigenvalue weighted by molar-refractivity contribution is 0.104. The van der Waals surface area contributed by atoms with Gasteiger partial charge in [-0.05, 0) is 30.7 Å². The van der Waals surface area contributed by atoms with Crippen molar-refractivity contribution in [1.29, 1.82) is 0 Å². The number of allylic oxidation sites excluding steroid dienone is 2. The molecule has 2 rings (SSSR count). The third-order valence-electron chi connectivity index (χ3n) is 2.24. The van der Waals surface area contributed by atoms with Crippen LogP contribution in [0.5, 0.6) is 11.5 Å². The lowest BCUT2D eigenvalue weighted by atomic mass is 10.1. The van der Waals surface area contributed by atoms with Crippen LogP contribution in [0.1, 0.15) is 16.8 Å². The molecule has 1 aliphatic rings. The Hall–Kier alpha value is -1.19. The summed E-state index contributed by atoms with van der Waals surface area (Å²) in [5, 5.41) is 0. The second-order valence-corrected chi connectivity index (χ2v) is 4.74. The molecule has 0 amide bonds. The second-order valence-electron chi connectivity index (χ2n) is 3.46. The van der Waals surface area contributed by atoms with E-state index in [4.69, 9.17) is 32.7 Å². The zero-order valence-corrected chi connectivity index (χ0v) is 10.4. The average molecular weight is 273 g/mol. The molecule has 1 aromatic rings. The maximum Gasteiger partial charge on any atom is 0.231 e. The lowest BCUT2D eigenvalue weighted by Gasteiger charge is -1.99. The highest BCUT2D eigenvalue weighted by atomic mass is 35.5. The van der Waals surface area contributed by atoms with Crippen LogP contribution in [0.25, 0.3) is 0 Å². The number of ether oxygens (including phenoxy) is 2. The predicted molar refractivity (Wildman–Crippen MR) is 66.1 cm³/mol. The first-order chi connectivity index (χ1) is 8.16. The van der Waals surface area contributed by atoms with Crippen LogP contribution in [0.4, 0.5) is 0 Å². The fraction of sp³-hybridized carbons (Fsp3) is 0.250. The molecular formula is C12H10Cl2O3. The Balaban J connectivity index is 2.07. The van der Waals surface area contributed by atoms with Gasteiger partial charge in [-0.3, -0.25) is 4.79 Å². The van der Waals surface area contributed by atoms with Crippen LogP contribution < -0.4 is 9.47 Å². The molecule has 0 spiro atoms. The second kappa shape index (κ2) is 5.43. The fourth-order valence-corrected chi connectivity index (χ4v) is 1.63. The standard InChI is InChI=1S/C12H10Cl2O3/c13-12(14)3-1-2-9(15)8-4-5-10-11(6-8)17-7-16-10/h1-2,4-6,12H,3,7H2/b2-1+. The summed E-state index contributed by atoms with van der Waals surface area (Å²) in [6.45, 7) is 0.197. The van der Waals surface area contributed by atoms with Gasteiger partial charge in [-0.15, -0.1) is 23.2 Å². The lowest BCUT2D eigenvalue weighted by Crippen LogP contribution is -1.95. The van der Waals surface area contributed by atoms with Crippen LogP contribution in [0, 0.1) is 0 Å². The third-order valence-corrected chi connectivity index (χ3v) is 2.60. The van der Waals surface area contributed by atoms with E-state index in [-0.39, 0.29) is 12.6 Å². The van der Waals surface area contributed by atoms with Crippen molar-refractivity contribution in [3.05, 3.63) is 35.9 Å². The molecule has 0 bridgehead atoms. The molecule has 5 heteroatoms. The highest BCUT2D eigenvalue weighted by Gasteiger charge is 2.14. The van der Waals surface area contributed by atoms with Crippen molar-refractivity contribution >= 4 is 29.0 Å². The van der Waals surface area contributed by atoms with Crippen molar-refractivity contribution in [3.63, 3.8) is 0 Å². The summed E-state index contributed by atoms with van der Waals surface area (Å²) in [6, 6.07) is 5.07. The summed E-state index contributed by atoms with van der Waals surface area (Å²) >= 11 is 11.1. The highest BCUT2D eigenvalue weighted by molar-refractivity contribution is 6.44. The number of hydrogen-bond donors (Lipinski definition) is 0. The summed E-state index contributed by atoms with van der Waals surface area (Å²) in [5.74, 6) is 1.14. The normalized spacial score (nSPS) is 13.6. The largest absolute Gasteiger partial charge is 0.454 e. The van der Waals surface area contributed by atoms with Gasteiger partial charge in [0.1, 0.15) is 4.84 Å². The molecule has 0 aromatic heterocycles.